The third-order valence-electron chi connectivity index (χ3n) is 1.86. The van der Waals surface area contributed by atoms with Gasteiger partial charge >= 0.3 is 0 Å². The average Bonchev–Trinajstić information content (AvgIpc) is 2.30. The number of aromatic nitrogens is 2. The van der Waals surface area contributed by atoms with Gasteiger partial charge in [0, 0.05) is 4.47 Å². The molecule has 1 heterocycles. The first-order valence-electron chi connectivity index (χ1n) is 4.44. The predicted molar refractivity (Wildman–Crippen MR) is 71.7 cm³/mol. The molecule has 17 heavy (non-hydrogen) atoms. The molecule has 0 aliphatic heterocycles. The second-order valence-corrected chi connectivity index (χ2v) is 5.02. The van der Waals surface area contributed by atoms with E-state index in [1.165, 1.54) is 18.5 Å². The fraction of sp³-hybridized carbons (Fsp3) is 0. The van der Waals surface area contributed by atoms with Gasteiger partial charge in [0.05, 0.1) is 6.33 Å². The van der Waals surface area contributed by atoms with Gasteiger partial charge < -0.3 is 9.72 Å². The largest absolute Gasteiger partial charge is 0.435 e. The molecule has 0 aliphatic carbocycles. The van der Waals surface area contributed by atoms with E-state index in [0.717, 1.165) is 0 Å². The van der Waals surface area contributed by atoms with Crippen LogP contribution >= 0.6 is 38.5 Å². The van der Waals surface area contributed by atoms with Crippen LogP contribution in [0.25, 0.3) is 0 Å². The summed E-state index contributed by atoms with van der Waals surface area (Å²) in [5, 5.41) is 0. The maximum absolute atomic E-state index is 13.4. The van der Waals surface area contributed by atoms with Gasteiger partial charge in [0.25, 0.3) is 5.56 Å². The Bertz CT molecular complexity index is 617. The second-order valence-electron chi connectivity index (χ2n) is 3.03. The molecule has 1 N–H and O–H groups in total. The minimum Gasteiger partial charge on any atom is -0.435 e. The lowest BCUT2D eigenvalue weighted by Crippen LogP contribution is -2.11. The summed E-state index contributed by atoms with van der Waals surface area (Å²) >= 11 is 4.99. The van der Waals surface area contributed by atoms with Gasteiger partial charge in [0.1, 0.15) is 3.57 Å². The Balaban J connectivity index is 2.41. The van der Waals surface area contributed by atoms with Gasteiger partial charge in [-0.25, -0.2) is 9.37 Å². The Morgan fingerprint density at radius 2 is 2.24 bits per heavy atom. The molecular weight excluding hydrogens is 406 g/mol. The first-order chi connectivity index (χ1) is 8.08. The van der Waals surface area contributed by atoms with Crippen LogP contribution in [0.4, 0.5) is 4.39 Å². The number of halogens is 3. The van der Waals surface area contributed by atoms with E-state index in [1.807, 2.05) is 0 Å². The van der Waals surface area contributed by atoms with E-state index < -0.39 is 5.82 Å². The highest BCUT2D eigenvalue weighted by Gasteiger charge is 2.11. The van der Waals surface area contributed by atoms with Gasteiger partial charge in [-0.3, -0.25) is 4.79 Å². The zero-order valence-corrected chi connectivity index (χ0v) is 12.0. The first kappa shape index (κ1) is 12.5. The number of H-pyrrole nitrogens is 1. The molecule has 0 radical (unpaired) electrons. The van der Waals surface area contributed by atoms with Crippen molar-refractivity contribution in [1.82, 2.24) is 9.97 Å². The van der Waals surface area contributed by atoms with Crippen LogP contribution in [-0.2, 0) is 0 Å². The molecule has 0 spiro atoms. The zero-order chi connectivity index (χ0) is 12.4. The van der Waals surface area contributed by atoms with Crippen LogP contribution in [0, 0.1) is 9.39 Å². The molecular formula is C10H5BrFIN2O2. The minimum absolute atomic E-state index is 0.00962. The highest BCUT2D eigenvalue weighted by Crippen LogP contribution is 2.27. The van der Waals surface area contributed by atoms with E-state index in [2.05, 4.69) is 25.9 Å². The Kier molecular flexibility index (Phi) is 3.77. The van der Waals surface area contributed by atoms with Crippen LogP contribution in [-0.4, -0.2) is 9.97 Å². The normalized spacial score (nSPS) is 10.3. The maximum atomic E-state index is 13.4. The Morgan fingerprint density at radius 1 is 1.47 bits per heavy atom. The van der Waals surface area contributed by atoms with Gasteiger partial charge in [-0.05, 0) is 40.8 Å². The van der Waals surface area contributed by atoms with Crippen LogP contribution in [0.2, 0.25) is 0 Å². The molecule has 0 bridgehead atoms. The van der Waals surface area contributed by atoms with Gasteiger partial charge in [0.2, 0.25) is 5.88 Å². The topological polar surface area (TPSA) is 55.0 Å². The summed E-state index contributed by atoms with van der Waals surface area (Å²) in [6, 6.07) is 4.28. The number of rotatable bonds is 2. The van der Waals surface area contributed by atoms with Crippen molar-refractivity contribution in [2.45, 2.75) is 0 Å². The molecule has 7 heteroatoms. The summed E-state index contributed by atoms with van der Waals surface area (Å²) in [6.07, 6.45) is 1.20. The van der Waals surface area contributed by atoms with Crippen molar-refractivity contribution < 1.29 is 9.13 Å². The maximum Gasteiger partial charge on any atom is 0.268 e. The second kappa shape index (κ2) is 5.13. The van der Waals surface area contributed by atoms with Crippen molar-refractivity contribution in [2.75, 3.05) is 0 Å². The molecule has 2 aromatic rings. The molecule has 1 aromatic carbocycles. The lowest BCUT2D eigenvalue weighted by atomic mass is 10.3. The van der Waals surface area contributed by atoms with E-state index in [4.69, 9.17) is 4.74 Å². The molecule has 2 rings (SSSR count). The highest BCUT2D eigenvalue weighted by molar-refractivity contribution is 14.1. The lowest BCUT2D eigenvalue weighted by molar-refractivity contribution is 0.422. The number of hydrogen-bond donors (Lipinski definition) is 1. The number of hydrogen-bond acceptors (Lipinski definition) is 3. The van der Waals surface area contributed by atoms with Crippen molar-refractivity contribution in [3.8, 4) is 11.6 Å². The van der Waals surface area contributed by atoms with E-state index in [9.17, 15) is 9.18 Å². The minimum atomic E-state index is -0.522. The average molecular weight is 411 g/mol. The Labute approximate surface area is 117 Å². The van der Waals surface area contributed by atoms with E-state index in [-0.39, 0.29) is 20.8 Å². The van der Waals surface area contributed by atoms with Gasteiger partial charge in [0.15, 0.2) is 11.6 Å². The smallest absolute Gasteiger partial charge is 0.268 e. The highest BCUT2D eigenvalue weighted by atomic mass is 127. The lowest BCUT2D eigenvalue weighted by Gasteiger charge is -2.06. The standard InChI is InChI=1S/C10H5BrFIN2O2/c11-5-1-2-6(12)7(3-5)17-10-8(13)9(16)14-4-15-10/h1-4H,(H,14,15,16). The van der Waals surface area contributed by atoms with Gasteiger partial charge in [-0.2, -0.15) is 0 Å². The van der Waals surface area contributed by atoms with Crippen LogP contribution in [0.3, 0.4) is 0 Å². The fourth-order valence-corrected chi connectivity index (χ4v) is 1.84. The number of nitrogens with one attached hydrogen (secondary N) is 1. The Hall–Kier alpha value is -0.960. The fourth-order valence-electron chi connectivity index (χ4n) is 1.10. The summed E-state index contributed by atoms with van der Waals surface area (Å²) in [7, 11) is 0. The molecule has 0 atom stereocenters. The first-order valence-corrected chi connectivity index (χ1v) is 6.31. The quantitative estimate of drug-likeness (QED) is 0.774. The predicted octanol–water partition coefficient (Wildman–Crippen LogP) is 3.07. The van der Waals surface area contributed by atoms with Crippen molar-refractivity contribution >= 4 is 38.5 Å². The zero-order valence-electron chi connectivity index (χ0n) is 8.21. The van der Waals surface area contributed by atoms with Crippen molar-refractivity contribution in [3.63, 3.8) is 0 Å². The summed E-state index contributed by atoms with van der Waals surface area (Å²) in [4.78, 5) is 17.5. The van der Waals surface area contributed by atoms with Crippen LogP contribution in [0.1, 0.15) is 0 Å². The third kappa shape index (κ3) is 2.83. The number of benzene rings is 1. The monoisotopic (exact) mass is 410 g/mol. The van der Waals surface area contributed by atoms with Crippen LogP contribution in [0.15, 0.2) is 33.8 Å². The molecule has 0 aliphatic rings. The molecule has 4 nitrogen and oxygen atoms in total. The molecule has 0 amide bonds. The van der Waals surface area contributed by atoms with Gasteiger partial charge in [-0.1, -0.05) is 15.9 Å². The van der Waals surface area contributed by atoms with Crippen molar-refractivity contribution in [1.29, 1.82) is 0 Å². The van der Waals surface area contributed by atoms with E-state index in [0.29, 0.717) is 4.47 Å². The van der Waals surface area contributed by atoms with Crippen LogP contribution < -0.4 is 10.3 Å². The summed E-state index contributed by atoms with van der Waals surface area (Å²) in [6.45, 7) is 0. The van der Waals surface area contributed by atoms with E-state index >= 15 is 0 Å². The summed E-state index contributed by atoms with van der Waals surface area (Å²) < 4.78 is 19.6. The summed E-state index contributed by atoms with van der Waals surface area (Å²) in [5.41, 5.74) is -0.328. The molecule has 1 aromatic heterocycles. The third-order valence-corrected chi connectivity index (χ3v) is 3.31. The molecule has 0 unspecified atom stereocenters. The number of nitrogens with zero attached hydrogens (tertiary/aromatic N) is 1. The molecule has 88 valence electrons. The Morgan fingerprint density at radius 3 is 3.00 bits per heavy atom. The molecule has 0 fully saturated rings. The SMILES string of the molecule is O=c1[nH]cnc(Oc2cc(Br)ccc2F)c1I. The summed E-state index contributed by atoms with van der Waals surface area (Å²) in [5.74, 6) is -0.437. The van der Waals surface area contributed by atoms with Crippen LogP contribution in [0.5, 0.6) is 11.6 Å². The number of aromatic amines is 1. The molecule has 0 saturated heterocycles. The van der Waals surface area contributed by atoms with Crippen molar-refractivity contribution in [2.24, 2.45) is 0 Å². The van der Waals surface area contributed by atoms with E-state index in [1.54, 1.807) is 28.7 Å². The van der Waals surface area contributed by atoms with Crippen molar-refractivity contribution in [3.05, 3.63) is 48.7 Å². The molecule has 0 saturated carbocycles. The number of ether oxygens (including phenoxy) is 1. The van der Waals surface area contributed by atoms with Gasteiger partial charge in [-0.15, -0.1) is 0 Å².